The van der Waals surface area contributed by atoms with Gasteiger partial charge in [-0.1, -0.05) is 6.42 Å². The summed E-state index contributed by atoms with van der Waals surface area (Å²) in [6.45, 7) is 1.83. The monoisotopic (exact) mass is 246 g/mol. The number of carbonyl (C=O) groups is 1. The van der Waals surface area contributed by atoms with E-state index in [-0.39, 0.29) is 5.91 Å². The van der Waals surface area contributed by atoms with Crippen molar-refractivity contribution in [1.82, 2.24) is 9.88 Å². The lowest BCUT2D eigenvalue weighted by molar-refractivity contribution is 0.0780. The van der Waals surface area contributed by atoms with Crippen LogP contribution in [0.4, 0.5) is 5.82 Å². The molecule has 1 saturated carbocycles. The highest BCUT2D eigenvalue weighted by Gasteiger charge is 2.38. The topological polar surface area (TPSA) is 71.2 Å². The summed E-state index contributed by atoms with van der Waals surface area (Å²) in [5.41, 5.74) is 3.14. The molecule has 3 N–H and O–H groups in total. The third-order valence-corrected chi connectivity index (χ3v) is 4.17. The van der Waals surface area contributed by atoms with Crippen LogP contribution in [0, 0.1) is 11.8 Å². The van der Waals surface area contributed by atoms with Gasteiger partial charge < -0.3 is 10.3 Å². The number of aromatic nitrogens is 1. The summed E-state index contributed by atoms with van der Waals surface area (Å²) in [6.07, 6.45) is 5.49. The van der Waals surface area contributed by atoms with Crippen LogP contribution < -0.4 is 11.3 Å². The van der Waals surface area contributed by atoms with E-state index in [1.807, 2.05) is 4.90 Å². The number of rotatable bonds is 2. The number of hydrogen-bond donors (Lipinski definition) is 2. The summed E-state index contributed by atoms with van der Waals surface area (Å²) in [7, 11) is 0. The number of nitrogens with zero attached hydrogens (tertiary/aromatic N) is 2. The first-order valence-electron chi connectivity index (χ1n) is 6.50. The van der Waals surface area contributed by atoms with Crippen molar-refractivity contribution in [3.63, 3.8) is 0 Å². The van der Waals surface area contributed by atoms with Crippen molar-refractivity contribution in [2.24, 2.45) is 17.7 Å². The highest BCUT2D eigenvalue weighted by Crippen LogP contribution is 2.38. The summed E-state index contributed by atoms with van der Waals surface area (Å²) in [6, 6.07) is 3.45. The Balaban J connectivity index is 1.74. The zero-order chi connectivity index (χ0) is 12.5. The molecule has 1 saturated heterocycles. The molecule has 2 fully saturated rings. The molecular weight excluding hydrogens is 228 g/mol. The minimum Gasteiger partial charge on any atom is -0.338 e. The lowest BCUT2D eigenvalue weighted by Gasteiger charge is -2.17. The molecule has 5 heteroatoms. The fourth-order valence-electron chi connectivity index (χ4n) is 3.23. The maximum absolute atomic E-state index is 12.4. The predicted molar refractivity (Wildman–Crippen MR) is 68.8 cm³/mol. The molecule has 2 unspecified atom stereocenters. The number of hydrogen-bond acceptors (Lipinski definition) is 4. The van der Waals surface area contributed by atoms with Crippen molar-refractivity contribution in [3.8, 4) is 0 Å². The van der Waals surface area contributed by atoms with E-state index in [1.54, 1.807) is 18.3 Å². The summed E-state index contributed by atoms with van der Waals surface area (Å²) < 4.78 is 0. The number of nitrogens with one attached hydrogen (secondary N) is 1. The van der Waals surface area contributed by atoms with E-state index in [0.717, 1.165) is 24.9 Å². The lowest BCUT2D eigenvalue weighted by atomic mass is 10.0. The van der Waals surface area contributed by atoms with Crippen LogP contribution in [-0.2, 0) is 0 Å². The quantitative estimate of drug-likeness (QED) is 0.608. The van der Waals surface area contributed by atoms with Gasteiger partial charge in [0.1, 0.15) is 5.82 Å². The smallest absolute Gasteiger partial charge is 0.254 e. The van der Waals surface area contributed by atoms with E-state index in [2.05, 4.69) is 10.4 Å². The van der Waals surface area contributed by atoms with Gasteiger partial charge in [0.2, 0.25) is 0 Å². The molecule has 1 aromatic rings. The Morgan fingerprint density at radius 2 is 2.11 bits per heavy atom. The maximum atomic E-state index is 12.4. The van der Waals surface area contributed by atoms with Crippen molar-refractivity contribution in [1.29, 1.82) is 0 Å². The van der Waals surface area contributed by atoms with E-state index < -0.39 is 0 Å². The molecule has 0 spiro atoms. The van der Waals surface area contributed by atoms with Crippen molar-refractivity contribution < 1.29 is 4.79 Å². The number of anilines is 1. The number of nitrogens with two attached hydrogens (primary N) is 1. The standard InChI is InChI=1S/C13H18N4O/c14-16-12-6-9(4-5-15-12)13(18)17-7-10-2-1-3-11(10)8-17/h4-6,10-11H,1-3,7-8,14H2,(H,15,16). The molecule has 18 heavy (non-hydrogen) atoms. The van der Waals surface area contributed by atoms with Gasteiger partial charge in [-0.05, 0) is 36.8 Å². The van der Waals surface area contributed by atoms with Crippen LogP contribution in [0.1, 0.15) is 29.6 Å². The van der Waals surface area contributed by atoms with E-state index >= 15 is 0 Å². The Hall–Kier alpha value is -1.62. The number of carbonyl (C=O) groups excluding carboxylic acids is 1. The molecule has 1 aliphatic carbocycles. The highest BCUT2D eigenvalue weighted by atomic mass is 16.2. The van der Waals surface area contributed by atoms with Crippen molar-refractivity contribution >= 4 is 11.7 Å². The Morgan fingerprint density at radius 3 is 2.78 bits per heavy atom. The third-order valence-electron chi connectivity index (χ3n) is 4.17. The maximum Gasteiger partial charge on any atom is 0.254 e. The van der Waals surface area contributed by atoms with Gasteiger partial charge in [-0.3, -0.25) is 4.79 Å². The van der Waals surface area contributed by atoms with Crippen LogP contribution in [0.3, 0.4) is 0 Å². The summed E-state index contributed by atoms with van der Waals surface area (Å²) in [5.74, 6) is 7.39. The normalized spacial score (nSPS) is 26.2. The molecule has 5 nitrogen and oxygen atoms in total. The number of pyridine rings is 1. The molecule has 1 amide bonds. The Bertz CT molecular complexity index is 450. The largest absolute Gasteiger partial charge is 0.338 e. The van der Waals surface area contributed by atoms with Gasteiger partial charge in [0.05, 0.1) is 0 Å². The van der Waals surface area contributed by atoms with E-state index in [4.69, 9.17) is 5.84 Å². The van der Waals surface area contributed by atoms with Crippen LogP contribution >= 0.6 is 0 Å². The molecule has 0 bridgehead atoms. The summed E-state index contributed by atoms with van der Waals surface area (Å²) in [5, 5.41) is 0. The summed E-state index contributed by atoms with van der Waals surface area (Å²) >= 11 is 0. The first-order chi connectivity index (χ1) is 8.78. The Morgan fingerprint density at radius 1 is 1.39 bits per heavy atom. The predicted octanol–water partition coefficient (Wildman–Crippen LogP) is 1.24. The molecule has 2 heterocycles. The fourth-order valence-corrected chi connectivity index (χ4v) is 3.23. The minimum absolute atomic E-state index is 0.100. The molecular formula is C13H18N4O. The van der Waals surface area contributed by atoms with Gasteiger partial charge in [0.25, 0.3) is 5.91 Å². The van der Waals surface area contributed by atoms with Gasteiger partial charge in [-0.2, -0.15) is 0 Å². The van der Waals surface area contributed by atoms with Crippen LogP contribution in [-0.4, -0.2) is 28.9 Å². The van der Waals surface area contributed by atoms with Crippen LogP contribution in [0.5, 0.6) is 0 Å². The molecule has 1 aromatic heterocycles. The first-order valence-corrected chi connectivity index (χ1v) is 6.50. The van der Waals surface area contributed by atoms with E-state index in [1.165, 1.54) is 19.3 Å². The second-order valence-electron chi connectivity index (χ2n) is 5.24. The second-order valence-corrected chi connectivity index (χ2v) is 5.24. The Labute approximate surface area is 106 Å². The molecule has 0 radical (unpaired) electrons. The van der Waals surface area contributed by atoms with Crippen LogP contribution in [0.2, 0.25) is 0 Å². The lowest BCUT2D eigenvalue weighted by Crippen LogP contribution is -2.29. The average Bonchev–Trinajstić information content (AvgIpc) is 2.98. The number of nitrogen functional groups attached to an aromatic ring is 1. The highest BCUT2D eigenvalue weighted by molar-refractivity contribution is 5.95. The van der Waals surface area contributed by atoms with Gasteiger partial charge in [-0.15, -0.1) is 0 Å². The zero-order valence-corrected chi connectivity index (χ0v) is 10.3. The van der Waals surface area contributed by atoms with Crippen molar-refractivity contribution in [2.45, 2.75) is 19.3 Å². The molecule has 0 aromatic carbocycles. The SMILES string of the molecule is NNc1cc(C(=O)N2CC3CCCC3C2)ccn1. The third kappa shape index (κ3) is 1.95. The zero-order valence-electron chi connectivity index (χ0n) is 10.3. The van der Waals surface area contributed by atoms with Gasteiger partial charge in [0.15, 0.2) is 0 Å². The number of likely N-dealkylation sites (tertiary alicyclic amines) is 1. The van der Waals surface area contributed by atoms with Gasteiger partial charge >= 0.3 is 0 Å². The molecule has 3 rings (SSSR count). The van der Waals surface area contributed by atoms with Gasteiger partial charge in [-0.25, -0.2) is 10.8 Å². The molecule has 2 atom stereocenters. The number of fused-ring (bicyclic) bond motifs is 1. The van der Waals surface area contributed by atoms with Crippen LogP contribution in [0.25, 0.3) is 0 Å². The van der Waals surface area contributed by atoms with Gasteiger partial charge in [0, 0.05) is 24.8 Å². The number of amides is 1. The van der Waals surface area contributed by atoms with Crippen molar-refractivity contribution in [2.75, 3.05) is 18.5 Å². The van der Waals surface area contributed by atoms with E-state index in [9.17, 15) is 4.79 Å². The van der Waals surface area contributed by atoms with Crippen LogP contribution in [0.15, 0.2) is 18.3 Å². The number of hydrazine groups is 1. The molecule has 2 aliphatic rings. The minimum atomic E-state index is 0.100. The fraction of sp³-hybridized carbons (Fsp3) is 0.538. The molecule has 1 aliphatic heterocycles. The first kappa shape index (κ1) is 11.5. The van der Waals surface area contributed by atoms with E-state index in [0.29, 0.717) is 11.4 Å². The van der Waals surface area contributed by atoms with Crippen molar-refractivity contribution in [3.05, 3.63) is 23.9 Å². The average molecular weight is 246 g/mol. The second kappa shape index (κ2) is 4.57. The molecule has 96 valence electrons. The summed E-state index contributed by atoms with van der Waals surface area (Å²) in [4.78, 5) is 18.4. The Kier molecular flexibility index (Phi) is 2.91.